The van der Waals surface area contributed by atoms with Crippen molar-refractivity contribution < 1.29 is 14.3 Å². The first kappa shape index (κ1) is 12.8. The van der Waals surface area contributed by atoms with Crippen LogP contribution in [0.4, 0.5) is 0 Å². The summed E-state index contributed by atoms with van der Waals surface area (Å²) in [7, 11) is 0. The first-order chi connectivity index (χ1) is 8.36. The molecule has 2 aliphatic rings. The Kier molecular flexibility index (Phi) is 5.22. The Morgan fingerprint density at radius 3 is 2.76 bits per heavy atom. The highest BCUT2D eigenvalue weighted by Crippen LogP contribution is 2.11. The van der Waals surface area contributed by atoms with Crippen molar-refractivity contribution in [3.63, 3.8) is 0 Å². The molecule has 0 aromatic heterocycles. The second kappa shape index (κ2) is 6.93. The van der Waals surface area contributed by atoms with E-state index in [1.54, 1.807) is 0 Å². The van der Waals surface area contributed by atoms with Crippen molar-refractivity contribution in [2.24, 2.45) is 5.92 Å². The quantitative estimate of drug-likeness (QED) is 0.745. The molecule has 2 heterocycles. The lowest BCUT2D eigenvalue weighted by atomic mass is 10.0. The van der Waals surface area contributed by atoms with Gasteiger partial charge in [-0.15, -0.1) is 0 Å². The molecular formula is C12H22N2O3. The summed E-state index contributed by atoms with van der Waals surface area (Å²) in [5.74, 6) is 0.756. The summed E-state index contributed by atoms with van der Waals surface area (Å²) < 4.78 is 10.6. The van der Waals surface area contributed by atoms with Crippen LogP contribution in [0.2, 0.25) is 0 Å². The number of hydrogen-bond acceptors (Lipinski definition) is 4. The van der Waals surface area contributed by atoms with Gasteiger partial charge in [-0.3, -0.25) is 4.79 Å². The Labute approximate surface area is 102 Å². The smallest absolute Gasteiger partial charge is 0.236 e. The maximum Gasteiger partial charge on any atom is 0.236 e. The van der Waals surface area contributed by atoms with Crippen LogP contribution < -0.4 is 5.32 Å². The molecule has 0 aromatic rings. The van der Waals surface area contributed by atoms with Crippen molar-refractivity contribution in [1.82, 2.24) is 10.2 Å². The molecule has 0 radical (unpaired) electrons. The van der Waals surface area contributed by atoms with E-state index in [0.717, 1.165) is 39.3 Å². The monoisotopic (exact) mass is 242 g/mol. The zero-order valence-corrected chi connectivity index (χ0v) is 10.3. The Hall–Kier alpha value is -0.650. The second-order valence-corrected chi connectivity index (χ2v) is 4.71. The van der Waals surface area contributed by atoms with Crippen LogP contribution in [-0.2, 0) is 14.3 Å². The summed E-state index contributed by atoms with van der Waals surface area (Å²) in [4.78, 5) is 13.7. The van der Waals surface area contributed by atoms with Crippen molar-refractivity contribution in [1.29, 1.82) is 0 Å². The lowest BCUT2D eigenvalue weighted by Crippen LogP contribution is -2.45. The molecule has 1 N–H and O–H groups in total. The fourth-order valence-corrected chi connectivity index (χ4v) is 2.28. The largest absolute Gasteiger partial charge is 0.381 e. The first-order valence-corrected chi connectivity index (χ1v) is 6.50. The van der Waals surface area contributed by atoms with Crippen molar-refractivity contribution >= 4 is 5.91 Å². The third-order valence-electron chi connectivity index (χ3n) is 3.33. The molecular weight excluding hydrogens is 220 g/mol. The summed E-state index contributed by atoms with van der Waals surface area (Å²) in [5.41, 5.74) is 0. The van der Waals surface area contributed by atoms with E-state index in [1.807, 2.05) is 4.90 Å². The maximum atomic E-state index is 11.8. The maximum absolute atomic E-state index is 11.8. The zero-order chi connectivity index (χ0) is 11.9. The van der Waals surface area contributed by atoms with Gasteiger partial charge in [0.05, 0.1) is 26.4 Å². The molecule has 2 fully saturated rings. The number of carbonyl (C=O) groups excluding carboxylic acids is 1. The molecule has 2 saturated heterocycles. The molecule has 0 bridgehead atoms. The van der Waals surface area contributed by atoms with E-state index in [4.69, 9.17) is 9.47 Å². The summed E-state index contributed by atoms with van der Waals surface area (Å²) in [5, 5.41) is 3.24. The van der Waals surface area contributed by atoms with E-state index in [0.29, 0.717) is 25.7 Å². The number of rotatable bonds is 4. The van der Waals surface area contributed by atoms with E-state index in [9.17, 15) is 4.79 Å². The molecule has 2 aliphatic heterocycles. The van der Waals surface area contributed by atoms with Crippen molar-refractivity contribution in [2.75, 3.05) is 52.6 Å². The van der Waals surface area contributed by atoms with Crippen molar-refractivity contribution in [2.45, 2.75) is 12.8 Å². The lowest BCUT2D eigenvalue weighted by Gasteiger charge is -2.27. The van der Waals surface area contributed by atoms with Crippen LogP contribution >= 0.6 is 0 Å². The molecule has 1 atom stereocenters. The van der Waals surface area contributed by atoms with E-state index in [1.165, 1.54) is 6.42 Å². The van der Waals surface area contributed by atoms with Crippen LogP contribution in [0, 0.1) is 5.92 Å². The fraction of sp³-hybridized carbons (Fsp3) is 0.917. The Bertz CT molecular complexity index is 236. The van der Waals surface area contributed by atoms with E-state index in [-0.39, 0.29) is 5.91 Å². The molecule has 0 spiro atoms. The van der Waals surface area contributed by atoms with E-state index < -0.39 is 0 Å². The van der Waals surface area contributed by atoms with Gasteiger partial charge in [-0.05, 0) is 18.8 Å². The van der Waals surface area contributed by atoms with Gasteiger partial charge < -0.3 is 19.7 Å². The molecule has 0 aliphatic carbocycles. The van der Waals surface area contributed by atoms with Crippen LogP contribution in [0.15, 0.2) is 0 Å². The molecule has 1 unspecified atom stereocenters. The van der Waals surface area contributed by atoms with E-state index in [2.05, 4.69) is 5.32 Å². The van der Waals surface area contributed by atoms with Gasteiger partial charge in [0.15, 0.2) is 0 Å². The van der Waals surface area contributed by atoms with Crippen LogP contribution in [0.5, 0.6) is 0 Å². The van der Waals surface area contributed by atoms with Gasteiger partial charge in [-0.1, -0.05) is 0 Å². The lowest BCUT2D eigenvalue weighted by molar-refractivity contribution is -0.134. The minimum atomic E-state index is 0.185. The Balaban J connectivity index is 1.58. The number of amides is 1. The van der Waals surface area contributed by atoms with Gasteiger partial charge in [-0.25, -0.2) is 0 Å². The van der Waals surface area contributed by atoms with Gasteiger partial charge in [0.2, 0.25) is 5.91 Å². The number of carbonyl (C=O) groups is 1. The SMILES string of the molecule is O=C(CNCC1CCCOC1)N1CCOCC1. The second-order valence-electron chi connectivity index (χ2n) is 4.71. The summed E-state index contributed by atoms with van der Waals surface area (Å²) in [6, 6.07) is 0. The predicted molar refractivity (Wildman–Crippen MR) is 63.8 cm³/mol. The average Bonchev–Trinajstić information content (AvgIpc) is 2.41. The topological polar surface area (TPSA) is 50.8 Å². The van der Waals surface area contributed by atoms with Crippen LogP contribution in [0.25, 0.3) is 0 Å². The number of hydrogen-bond donors (Lipinski definition) is 1. The number of nitrogens with zero attached hydrogens (tertiary/aromatic N) is 1. The highest BCUT2D eigenvalue weighted by molar-refractivity contribution is 5.78. The molecule has 0 aromatic carbocycles. The van der Waals surface area contributed by atoms with Crippen molar-refractivity contribution in [3.8, 4) is 0 Å². The van der Waals surface area contributed by atoms with E-state index >= 15 is 0 Å². The van der Waals surface area contributed by atoms with Gasteiger partial charge in [0.1, 0.15) is 0 Å². The number of ether oxygens (including phenoxy) is 2. The number of nitrogens with one attached hydrogen (secondary N) is 1. The third-order valence-corrected chi connectivity index (χ3v) is 3.33. The molecule has 5 nitrogen and oxygen atoms in total. The highest BCUT2D eigenvalue weighted by Gasteiger charge is 2.17. The van der Waals surface area contributed by atoms with Crippen LogP contribution in [-0.4, -0.2) is 63.4 Å². The normalized spacial score (nSPS) is 25.9. The Morgan fingerprint density at radius 2 is 2.06 bits per heavy atom. The molecule has 0 saturated carbocycles. The summed E-state index contributed by atoms with van der Waals surface area (Å²) in [6.07, 6.45) is 2.35. The summed E-state index contributed by atoms with van der Waals surface area (Å²) in [6.45, 7) is 5.85. The third kappa shape index (κ3) is 4.26. The summed E-state index contributed by atoms with van der Waals surface area (Å²) >= 11 is 0. The van der Waals surface area contributed by atoms with Gasteiger partial charge in [0, 0.05) is 26.2 Å². The first-order valence-electron chi connectivity index (χ1n) is 6.50. The van der Waals surface area contributed by atoms with Crippen LogP contribution in [0.3, 0.4) is 0 Å². The van der Waals surface area contributed by atoms with Crippen molar-refractivity contribution in [3.05, 3.63) is 0 Å². The average molecular weight is 242 g/mol. The predicted octanol–water partition coefficient (Wildman–Crippen LogP) is -0.139. The minimum absolute atomic E-state index is 0.185. The minimum Gasteiger partial charge on any atom is -0.381 e. The Morgan fingerprint density at radius 1 is 1.24 bits per heavy atom. The standard InChI is InChI=1S/C12H22N2O3/c15-12(14-3-6-16-7-4-14)9-13-8-11-2-1-5-17-10-11/h11,13H,1-10H2. The van der Waals surface area contributed by atoms with Gasteiger partial charge >= 0.3 is 0 Å². The molecule has 98 valence electrons. The number of morpholine rings is 1. The highest BCUT2D eigenvalue weighted by atomic mass is 16.5. The fourth-order valence-electron chi connectivity index (χ4n) is 2.28. The molecule has 5 heteroatoms. The molecule has 1 amide bonds. The molecule has 2 rings (SSSR count). The van der Waals surface area contributed by atoms with Gasteiger partial charge in [0.25, 0.3) is 0 Å². The molecule has 17 heavy (non-hydrogen) atoms. The van der Waals surface area contributed by atoms with Crippen LogP contribution in [0.1, 0.15) is 12.8 Å². The zero-order valence-electron chi connectivity index (χ0n) is 10.3. The van der Waals surface area contributed by atoms with Gasteiger partial charge in [-0.2, -0.15) is 0 Å².